The molecule has 0 aromatic heterocycles. The van der Waals surface area contributed by atoms with Crippen molar-refractivity contribution in [3.63, 3.8) is 0 Å². The number of hydrogen-bond acceptors (Lipinski definition) is 2. The van der Waals surface area contributed by atoms with E-state index in [4.69, 9.17) is 0 Å². The Hall–Kier alpha value is -1.35. The number of benzene rings is 1. The molecule has 19 heavy (non-hydrogen) atoms. The molecule has 106 valence electrons. The summed E-state index contributed by atoms with van der Waals surface area (Å²) in [5.74, 6) is 0.156. The van der Waals surface area contributed by atoms with E-state index in [1.807, 2.05) is 30.1 Å². The zero-order chi connectivity index (χ0) is 14.3. The summed E-state index contributed by atoms with van der Waals surface area (Å²) in [5, 5.41) is 3.13. The molecule has 1 aromatic carbocycles. The van der Waals surface area contributed by atoms with Crippen LogP contribution in [0.5, 0.6) is 0 Å². The minimum absolute atomic E-state index is 0.156. The summed E-state index contributed by atoms with van der Waals surface area (Å²) in [6.07, 6.45) is 1.87. The van der Waals surface area contributed by atoms with E-state index in [1.165, 1.54) is 0 Å². The maximum absolute atomic E-state index is 12.7. The fourth-order valence-electron chi connectivity index (χ4n) is 2.20. The van der Waals surface area contributed by atoms with Gasteiger partial charge in [-0.3, -0.25) is 4.79 Å². The van der Waals surface area contributed by atoms with Crippen molar-refractivity contribution in [3.8, 4) is 0 Å². The van der Waals surface area contributed by atoms with Gasteiger partial charge in [0.1, 0.15) is 0 Å². The van der Waals surface area contributed by atoms with Gasteiger partial charge >= 0.3 is 0 Å². The van der Waals surface area contributed by atoms with E-state index < -0.39 is 0 Å². The maximum atomic E-state index is 12.7. The molecule has 1 N–H and O–H groups in total. The van der Waals surface area contributed by atoms with Gasteiger partial charge in [-0.1, -0.05) is 25.1 Å². The summed E-state index contributed by atoms with van der Waals surface area (Å²) >= 11 is 0. The number of carbonyl (C=O) groups is 1. The molecule has 0 aliphatic rings. The van der Waals surface area contributed by atoms with Crippen LogP contribution in [0.3, 0.4) is 0 Å². The lowest BCUT2D eigenvalue weighted by molar-refractivity contribution is 0.0705. The monoisotopic (exact) mass is 262 g/mol. The third-order valence-electron chi connectivity index (χ3n) is 3.24. The smallest absolute Gasteiger partial charge is 0.254 e. The molecule has 1 amide bonds. The average molecular weight is 262 g/mol. The lowest BCUT2D eigenvalue weighted by atomic mass is 10.0. The molecule has 0 fully saturated rings. The maximum Gasteiger partial charge on any atom is 0.254 e. The highest BCUT2D eigenvalue weighted by Crippen LogP contribution is 2.14. The van der Waals surface area contributed by atoms with Gasteiger partial charge in [0, 0.05) is 18.2 Å². The second-order valence-corrected chi connectivity index (χ2v) is 5.10. The van der Waals surface area contributed by atoms with Gasteiger partial charge in [0.25, 0.3) is 5.91 Å². The van der Waals surface area contributed by atoms with Crippen molar-refractivity contribution < 1.29 is 4.79 Å². The lowest BCUT2D eigenvalue weighted by Crippen LogP contribution is -2.38. The third kappa shape index (κ3) is 4.35. The normalized spacial score (nSPS) is 10.8. The predicted octanol–water partition coefficient (Wildman–Crippen LogP) is 2.71. The van der Waals surface area contributed by atoms with Crippen LogP contribution in [0.25, 0.3) is 0 Å². The van der Waals surface area contributed by atoms with Crippen LogP contribution in [0, 0.1) is 0 Å². The van der Waals surface area contributed by atoms with E-state index in [9.17, 15) is 4.79 Å². The number of nitrogens with one attached hydrogen (secondary N) is 1. The Kier molecular flexibility index (Phi) is 6.57. The van der Waals surface area contributed by atoms with Crippen molar-refractivity contribution in [1.29, 1.82) is 0 Å². The first-order chi connectivity index (χ1) is 9.11. The van der Waals surface area contributed by atoms with E-state index in [1.54, 1.807) is 0 Å². The largest absolute Gasteiger partial charge is 0.336 e. The Morgan fingerprint density at radius 3 is 2.58 bits per heavy atom. The Balaban J connectivity index is 2.96. The van der Waals surface area contributed by atoms with Crippen LogP contribution in [-0.4, -0.2) is 37.0 Å². The van der Waals surface area contributed by atoms with Gasteiger partial charge in [0.2, 0.25) is 0 Å². The first-order valence-corrected chi connectivity index (χ1v) is 7.15. The zero-order valence-electron chi connectivity index (χ0n) is 12.6. The minimum atomic E-state index is 0.156. The van der Waals surface area contributed by atoms with E-state index in [0.717, 1.165) is 37.1 Å². The molecule has 0 aliphatic heterocycles. The highest BCUT2D eigenvalue weighted by atomic mass is 16.2. The number of rotatable bonds is 7. The summed E-state index contributed by atoms with van der Waals surface area (Å²) in [6, 6.07) is 8.18. The van der Waals surface area contributed by atoms with Gasteiger partial charge in [-0.25, -0.2) is 0 Å². The highest BCUT2D eigenvalue weighted by Gasteiger charge is 2.19. The van der Waals surface area contributed by atoms with Gasteiger partial charge in [-0.05, 0) is 51.9 Å². The molecule has 0 aliphatic carbocycles. The van der Waals surface area contributed by atoms with Crippen molar-refractivity contribution in [2.75, 3.05) is 20.1 Å². The first-order valence-electron chi connectivity index (χ1n) is 7.15. The van der Waals surface area contributed by atoms with Crippen LogP contribution in [0.4, 0.5) is 0 Å². The summed E-state index contributed by atoms with van der Waals surface area (Å²) < 4.78 is 0. The van der Waals surface area contributed by atoms with Crippen LogP contribution in [0.1, 0.15) is 43.1 Å². The van der Waals surface area contributed by atoms with Crippen molar-refractivity contribution in [2.24, 2.45) is 0 Å². The second kappa shape index (κ2) is 7.95. The van der Waals surface area contributed by atoms with E-state index in [-0.39, 0.29) is 11.9 Å². The topological polar surface area (TPSA) is 32.3 Å². The third-order valence-corrected chi connectivity index (χ3v) is 3.24. The van der Waals surface area contributed by atoms with Crippen LogP contribution in [-0.2, 0) is 6.42 Å². The molecule has 0 spiro atoms. The number of likely N-dealkylation sites (N-methyl/N-ethyl adjacent to an activating group) is 1. The van der Waals surface area contributed by atoms with E-state index >= 15 is 0 Å². The molecule has 0 saturated heterocycles. The molecule has 0 bridgehead atoms. The molecule has 0 unspecified atom stereocenters. The Morgan fingerprint density at radius 2 is 2.00 bits per heavy atom. The van der Waals surface area contributed by atoms with Crippen molar-refractivity contribution >= 4 is 5.91 Å². The number of amides is 1. The molecule has 3 nitrogen and oxygen atoms in total. The summed E-state index contributed by atoms with van der Waals surface area (Å²) in [6.45, 7) is 7.96. The van der Waals surface area contributed by atoms with Crippen LogP contribution < -0.4 is 5.32 Å². The van der Waals surface area contributed by atoms with Crippen LogP contribution in [0.2, 0.25) is 0 Å². The zero-order valence-corrected chi connectivity index (χ0v) is 12.6. The first kappa shape index (κ1) is 15.7. The van der Waals surface area contributed by atoms with Gasteiger partial charge < -0.3 is 10.2 Å². The van der Waals surface area contributed by atoms with Crippen molar-refractivity contribution in [2.45, 2.75) is 39.7 Å². The number of hydrogen-bond donors (Lipinski definition) is 1. The highest BCUT2D eigenvalue weighted by molar-refractivity contribution is 5.95. The molecule has 0 atom stereocenters. The van der Waals surface area contributed by atoms with Gasteiger partial charge in [-0.15, -0.1) is 0 Å². The van der Waals surface area contributed by atoms with Crippen molar-refractivity contribution in [1.82, 2.24) is 10.2 Å². The molecule has 1 aromatic rings. The standard InChI is InChI=1S/C16H26N2O/c1-5-12-18(13(2)3)16(19)15-9-7-6-8-14(15)10-11-17-4/h6-9,13,17H,5,10-12H2,1-4H3. The van der Waals surface area contributed by atoms with E-state index in [2.05, 4.69) is 32.2 Å². The second-order valence-electron chi connectivity index (χ2n) is 5.10. The lowest BCUT2D eigenvalue weighted by Gasteiger charge is -2.27. The van der Waals surface area contributed by atoms with Crippen LogP contribution in [0.15, 0.2) is 24.3 Å². The van der Waals surface area contributed by atoms with Gasteiger partial charge in [0.05, 0.1) is 0 Å². The summed E-state index contributed by atoms with van der Waals surface area (Å²) in [4.78, 5) is 14.6. The van der Waals surface area contributed by atoms with Crippen molar-refractivity contribution in [3.05, 3.63) is 35.4 Å². The number of nitrogens with zero attached hydrogens (tertiary/aromatic N) is 1. The van der Waals surface area contributed by atoms with Gasteiger partial charge in [0.15, 0.2) is 0 Å². The molecule has 0 heterocycles. The SMILES string of the molecule is CCCN(C(=O)c1ccccc1CCNC)C(C)C. The van der Waals surface area contributed by atoms with Gasteiger partial charge in [-0.2, -0.15) is 0 Å². The molecular formula is C16H26N2O. The molecular weight excluding hydrogens is 236 g/mol. The average Bonchev–Trinajstić information content (AvgIpc) is 2.41. The number of carbonyl (C=O) groups excluding carboxylic acids is 1. The van der Waals surface area contributed by atoms with E-state index in [0.29, 0.717) is 0 Å². The fourth-order valence-corrected chi connectivity index (χ4v) is 2.20. The van der Waals surface area contributed by atoms with Crippen LogP contribution >= 0.6 is 0 Å². The minimum Gasteiger partial charge on any atom is -0.336 e. The fraction of sp³-hybridized carbons (Fsp3) is 0.562. The Bertz CT molecular complexity index is 401. The summed E-state index contributed by atoms with van der Waals surface area (Å²) in [7, 11) is 1.93. The summed E-state index contributed by atoms with van der Waals surface area (Å²) in [5.41, 5.74) is 1.98. The molecule has 0 saturated carbocycles. The predicted molar refractivity (Wildman–Crippen MR) is 80.5 cm³/mol. The molecule has 1 rings (SSSR count). The Labute approximate surface area is 117 Å². The Morgan fingerprint density at radius 1 is 1.32 bits per heavy atom. The molecule has 0 radical (unpaired) electrons. The molecule has 3 heteroatoms. The quantitative estimate of drug-likeness (QED) is 0.819.